The first-order valence-electron chi connectivity index (χ1n) is 8.18. The number of nitrogens with two attached hydrogens (primary N) is 1. The predicted octanol–water partition coefficient (Wildman–Crippen LogP) is 4.21. The average molecular weight is 383 g/mol. The molecular formula is C19H20F3NO4. The van der Waals surface area contributed by atoms with Crippen LogP contribution in [-0.2, 0) is 9.53 Å². The van der Waals surface area contributed by atoms with Crippen LogP contribution in [0.15, 0.2) is 42.5 Å². The molecule has 2 aromatic carbocycles. The molecule has 0 aliphatic rings. The van der Waals surface area contributed by atoms with Gasteiger partial charge in [-0.3, -0.25) is 4.79 Å². The molecule has 0 saturated heterocycles. The van der Waals surface area contributed by atoms with Gasteiger partial charge in [-0.1, -0.05) is 12.1 Å². The molecule has 1 atom stereocenters. The number of ether oxygens (including phenoxy) is 3. The molecule has 2 N–H and O–H groups in total. The number of esters is 1. The Morgan fingerprint density at radius 1 is 1.11 bits per heavy atom. The number of carbonyl (C=O) groups excluding carboxylic acids is 1. The van der Waals surface area contributed by atoms with Crippen molar-refractivity contribution in [1.82, 2.24) is 0 Å². The van der Waals surface area contributed by atoms with E-state index < -0.39 is 18.4 Å². The molecule has 146 valence electrons. The van der Waals surface area contributed by atoms with Crippen molar-refractivity contribution in [2.75, 3.05) is 13.7 Å². The third-order valence-electron chi connectivity index (χ3n) is 3.69. The van der Waals surface area contributed by atoms with Gasteiger partial charge in [-0.05, 0) is 53.9 Å². The van der Waals surface area contributed by atoms with E-state index >= 15 is 0 Å². The lowest BCUT2D eigenvalue weighted by atomic mass is 9.97. The van der Waals surface area contributed by atoms with E-state index in [4.69, 9.17) is 15.2 Å². The summed E-state index contributed by atoms with van der Waals surface area (Å²) in [6.07, 6.45) is -4.81. The fourth-order valence-electron chi connectivity index (χ4n) is 2.51. The summed E-state index contributed by atoms with van der Waals surface area (Å²) in [5.74, 6) is -0.306. The second-order valence-electron chi connectivity index (χ2n) is 5.69. The summed E-state index contributed by atoms with van der Waals surface area (Å²) < 4.78 is 51.4. The second-order valence-corrected chi connectivity index (χ2v) is 5.69. The fraction of sp³-hybridized carbons (Fsp3) is 0.316. The Morgan fingerprint density at radius 3 is 2.44 bits per heavy atom. The molecule has 0 amide bonds. The molecule has 5 nitrogen and oxygen atoms in total. The summed E-state index contributed by atoms with van der Waals surface area (Å²) >= 11 is 0. The zero-order valence-corrected chi connectivity index (χ0v) is 14.9. The minimum absolute atomic E-state index is 0.0301. The molecule has 0 aliphatic heterocycles. The first-order valence-corrected chi connectivity index (χ1v) is 8.18. The summed E-state index contributed by atoms with van der Waals surface area (Å²) in [5, 5.41) is 0. The fourth-order valence-corrected chi connectivity index (χ4v) is 2.51. The van der Waals surface area contributed by atoms with Crippen molar-refractivity contribution in [1.29, 1.82) is 0 Å². The molecule has 0 heterocycles. The third-order valence-corrected chi connectivity index (χ3v) is 3.69. The van der Waals surface area contributed by atoms with Crippen molar-refractivity contribution in [3.8, 4) is 22.6 Å². The maximum atomic E-state index is 12.4. The first kappa shape index (κ1) is 20.6. The lowest BCUT2D eigenvalue weighted by Gasteiger charge is -2.15. The van der Waals surface area contributed by atoms with Gasteiger partial charge in [0.25, 0.3) is 0 Å². The van der Waals surface area contributed by atoms with Crippen molar-refractivity contribution in [3.63, 3.8) is 0 Å². The van der Waals surface area contributed by atoms with E-state index in [2.05, 4.69) is 4.74 Å². The molecular weight excluding hydrogens is 363 g/mol. The number of hydrogen-bond donors (Lipinski definition) is 1. The number of hydrogen-bond acceptors (Lipinski definition) is 5. The third kappa shape index (κ3) is 6.18. The van der Waals surface area contributed by atoms with Gasteiger partial charge in [0, 0.05) is 6.04 Å². The van der Waals surface area contributed by atoms with Gasteiger partial charge in [0.15, 0.2) is 0 Å². The van der Waals surface area contributed by atoms with Crippen LogP contribution in [-0.4, -0.2) is 26.0 Å². The molecule has 8 heteroatoms. The van der Waals surface area contributed by atoms with E-state index in [0.717, 1.165) is 0 Å². The largest absolute Gasteiger partial charge is 0.573 e. The van der Waals surface area contributed by atoms with Gasteiger partial charge in [0.05, 0.1) is 20.1 Å². The molecule has 1 unspecified atom stereocenters. The highest BCUT2D eigenvalue weighted by Gasteiger charge is 2.31. The minimum Gasteiger partial charge on any atom is -0.497 e. The quantitative estimate of drug-likeness (QED) is 0.725. The van der Waals surface area contributed by atoms with Crippen LogP contribution in [0.25, 0.3) is 11.1 Å². The van der Waals surface area contributed by atoms with Crippen LogP contribution in [0.4, 0.5) is 13.2 Å². The van der Waals surface area contributed by atoms with Crippen LogP contribution < -0.4 is 15.2 Å². The lowest BCUT2D eigenvalue weighted by Crippen LogP contribution is -2.17. The van der Waals surface area contributed by atoms with E-state index in [9.17, 15) is 18.0 Å². The Hall–Kier alpha value is -2.74. The molecule has 0 aliphatic carbocycles. The lowest BCUT2D eigenvalue weighted by molar-refractivity contribution is -0.274. The van der Waals surface area contributed by atoms with Gasteiger partial charge in [-0.25, -0.2) is 0 Å². The second kappa shape index (κ2) is 8.77. The molecule has 2 rings (SSSR count). The van der Waals surface area contributed by atoms with Crippen LogP contribution in [0, 0.1) is 0 Å². The Bertz CT molecular complexity index is 793. The van der Waals surface area contributed by atoms with Crippen LogP contribution >= 0.6 is 0 Å². The van der Waals surface area contributed by atoms with Gasteiger partial charge >= 0.3 is 12.3 Å². The van der Waals surface area contributed by atoms with Crippen molar-refractivity contribution < 1.29 is 32.2 Å². The molecule has 0 fully saturated rings. The Labute approximate surface area is 154 Å². The van der Waals surface area contributed by atoms with E-state index in [1.54, 1.807) is 31.2 Å². The van der Waals surface area contributed by atoms with Crippen molar-refractivity contribution in [2.45, 2.75) is 25.7 Å². The smallest absolute Gasteiger partial charge is 0.497 e. The molecule has 0 aromatic heterocycles. The number of alkyl halides is 3. The molecule has 27 heavy (non-hydrogen) atoms. The van der Waals surface area contributed by atoms with E-state index in [-0.39, 0.29) is 18.8 Å². The number of rotatable bonds is 7. The highest BCUT2D eigenvalue weighted by atomic mass is 19.4. The number of methoxy groups -OCH3 is 1. The van der Waals surface area contributed by atoms with Gasteiger partial charge in [0.2, 0.25) is 0 Å². The zero-order chi connectivity index (χ0) is 20.0. The Balaban J connectivity index is 2.34. The predicted molar refractivity (Wildman–Crippen MR) is 93.3 cm³/mol. The summed E-state index contributed by atoms with van der Waals surface area (Å²) in [6, 6.07) is 9.95. The molecule has 0 spiro atoms. The standard InChI is InChI=1S/C19H20F3NO4/c1-3-26-18(24)11-17(23)14-7-13(9-16(10-14)25-2)12-5-4-6-15(8-12)27-19(20,21)22/h4-10,17H,3,11,23H2,1-2H3. The summed E-state index contributed by atoms with van der Waals surface area (Å²) in [5.41, 5.74) is 7.74. The topological polar surface area (TPSA) is 70.8 Å². The van der Waals surface area contributed by atoms with Crippen LogP contribution in [0.3, 0.4) is 0 Å². The number of carbonyl (C=O) groups is 1. The monoisotopic (exact) mass is 383 g/mol. The van der Waals surface area contributed by atoms with Crippen LogP contribution in [0.2, 0.25) is 0 Å². The molecule has 0 bridgehead atoms. The van der Waals surface area contributed by atoms with E-state index in [1.807, 2.05) is 0 Å². The highest BCUT2D eigenvalue weighted by molar-refractivity contribution is 5.71. The maximum absolute atomic E-state index is 12.4. The van der Waals surface area contributed by atoms with Gasteiger partial charge in [0.1, 0.15) is 11.5 Å². The van der Waals surface area contributed by atoms with Gasteiger partial charge in [-0.2, -0.15) is 0 Å². The van der Waals surface area contributed by atoms with Crippen LogP contribution in [0.1, 0.15) is 24.9 Å². The van der Waals surface area contributed by atoms with E-state index in [1.165, 1.54) is 25.3 Å². The Morgan fingerprint density at radius 2 is 1.81 bits per heavy atom. The summed E-state index contributed by atoms with van der Waals surface area (Å²) in [6.45, 7) is 1.95. The normalized spacial score (nSPS) is 12.4. The van der Waals surface area contributed by atoms with Crippen molar-refractivity contribution in [3.05, 3.63) is 48.0 Å². The molecule has 2 aromatic rings. The SMILES string of the molecule is CCOC(=O)CC(N)c1cc(OC)cc(-c2cccc(OC(F)(F)F)c2)c1. The highest BCUT2D eigenvalue weighted by Crippen LogP contribution is 2.32. The minimum atomic E-state index is -4.78. The van der Waals surface area contributed by atoms with Crippen LogP contribution in [0.5, 0.6) is 11.5 Å². The van der Waals surface area contributed by atoms with Crippen molar-refractivity contribution >= 4 is 5.97 Å². The average Bonchev–Trinajstić information content (AvgIpc) is 2.60. The Kier molecular flexibility index (Phi) is 6.68. The molecule has 0 saturated carbocycles. The van der Waals surface area contributed by atoms with Crippen molar-refractivity contribution in [2.24, 2.45) is 5.73 Å². The maximum Gasteiger partial charge on any atom is 0.573 e. The first-order chi connectivity index (χ1) is 12.7. The zero-order valence-electron chi connectivity index (χ0n) is 14.9. The number of halogens is 3. The van der Waals surface area contributed by atoms with Gasteiger partial charge in [-0.15, -0.1) is 13.2 Å². The summed E-state index contributed by atoms with van der Waals surface area (Å²) in [7, 11) is 1.46. The number of benzene rings is 2. The van der Waals surface area contributed by atoms with E-state index in [0.29, 0.717) is 22.4 Å². The summed E-state index contributed by atoms with van der Waals surface area (Å²) in [4.78, 5) is 11.7. The van der Waals surface area contributed by atoms with Gasteiger partial charge < -0.3 is 19.9 Å². The molecule has 0 radical (unpaired) electrons.